The maximum absolute atomic E-state index is 9.48. The van der Waals surface area contributed by atoms with Gasteiger partial charge < -0.3 is 15.3 Å². The van der Waals surface area contributed by atoms with Crippen molar-refractivity contribution in [3.8, 4) is 0 Å². The van der Waals surface area contributed by atoms with Crippen molar-refractivity contribution in [3.63, 3.8) is 0 Å². The average molecular weight is 203 g/mol. The van der Waals surface area contributed by atoms with E-state index in [4.69, 9.17) is 21.8 Å². The van der Waals surface area contributed by atoms with Crippen molar-refractivity contribution in [2.45, 2.75) is 12.2 Å². The normalized spacial score (nSPS) is 15.4. The highest BCUT2D eigenvalue weighted by atomic mass is 35.5. The van der Waals surface area contributed by atoms with Crippen molar-refractivity contribution < 1.29 is 15.3 Å². The Morgan fingerprint density at radius 1 is 1.23 bits per heavy atom. The number of aliphatic hydroxyl groups is 3. The number of hydrogen-bond acceptors (Lipinski definition) is 3. The molecule has 0 saturated heterocycles. The van der Waals surface area contributed by atoms with Crippen LogP contribution in [-0.2, 0) is 0 Å². The van der Waals surface area contributed by atoms with Crippen LogP contribution >= 0.6 is 11.6 Å². The Labute approximate surface area is 81.2 Å². The van der Waals surface area contributed by atoms with Gasteiger partial charge >= 0.3 is 0 Å². The van der Waals surface area contributed by atoms with Crippen molar-refractivity contribution in [2.75, 3.05) is 6.61 Å². The zero-order valence-electron chi connectivity index (χ0n) is 6.89. The number of halogens is 1. The van der Waals surface area contributed by atoms with Gasteiger partial charge in [-0.15, -0.1) is 0 Å². The molecule has 13 heavy (non-hydrogen) atoms. The van der Waals surface area contributed by atoms with Gasteiger partial charge in [-0.05, 0) is 6.07 Å². The molecule has 0 bridgehead atoms. The first kappa shape index (κ1) is 10.5. The van der Waals surface area contributed by atoms with Gasteiger partial charge in [-0.1, -0.05) is 29.8 Å². The van der Waals surface area contributed by atoms with Gasteiger partial charge in [0.25, 0.3) is 0 Å². The zero-order chi connectivity index (χ0) is 9.84. The molecule has 0 aliphatic carbocycles. The summed E-state index contributed by atoms with van der Waals surface area (Å²) in [5.41, 5.74) is 0.422. The summed E-state index contributed by atoms with van der Waals surface area (Å²) in [7, 11) is 0. The summed E-state index contributed by atoms with van der Waals surface area (Å²) < 4.78 is 0. The van der Waals surface area contributed by atoms with Crippen molar-refractivity contribution in [2.24, 2.45) is 0 Å². The summed E-state index contributed by atoms with van der Waals surface area (Å²) in [6.07, 6.45) is -2.33. The van der Waals surface area contributed by atoms with Crippen LogP contribution in [0.2, 0.25) is 5.02 Å². The molecular weight excluding hydrogens is 192 g/mol. The molecule has 0 aliphatic heterocycles. The monoisotopic (exact) mass is 202 g/mol. The van der Waals surface area contributed by atoms with E-state index in [0.29, 0.717) is 10.6 Å². The molecule has 1 rings (SSSR count). The van der Waals surface area contributed by atoms with Crippen LogP contribution in [0.15, 0.2) is 24.3 Å². The molecule has 0 fully saturated rings. The molecule has 4 heteroatoms. The second kappa shape index (κ2) is 4.58. The fraction of sp³-hybridized carbons (Fsp3) is 0.333. The van der Waals surface area contributed by atoms with E-state index in [1.165, 1.54) is 0 Å². The van der Waals surface area contributed by atoms with Gasteiger partial charge in [0.15, 0.2) is 0 Å². The average Bonchev–Trinajstić information content (AvgIpc) is 2.16. The van der Waals surface area contributed by atoms with E-state index in [-0.39, 0.29) is 0 Å². The summed E-state index contributed by atoms with van der Waals surface area (Å²) in [6.45, 7) is -0.494. The van der Waals surface area contributed by atoms with E-state index in [1.54, 1.807) is 24.3 Å². The Kier molecular flexibility index (Phi) is 3.69. The molecule has 0 heterocycles. The van der Waals surface area contributed by atoms with E-state index < -0.39 is 18.8 Å². The number of benzene rings is 1. The van der Waals surface area contributed by atoms with Crippen LogP contribution in [0, 0.1) is 0 Å². The number of hydrogen-bond donors (Lipinski definition) is 3. The van der Waals surface area contributed by atoms with E-state index in [9.17, 15) is 5.11 Å². The van der Waals surface area contributed by atoms with Crippen LogP contribution in [0.1, 0.15) is 11.7 Å². The zero-order valence-corrected chi connectivity index (χ0v) is 7.65. The fourth-order valence-electron chi connectivity index (χ4n) is 1.02. The summed E-state index contributed by atoms with van der Waals surface area (Å²) in [5, 5.41) is 27.6. The lowest BCUT2D eigenvalue weighted by Crippen LogP contribution is -2.22. The van der Waals surface area contributed by atoms with Gasteiger partial charge in [-0.3, -0.25) is 0 Å². The quantitative estimate of drug-likeness (QED) is 0.677. The van der Waals surface area contributed by atoms with Gasteiger partial charge in [-0.25, -0.2) is 0 Å². The van der Waals surface area contributed by atoms with E-state index in [0.717, 1.165) is 0 Å². The van der Waals surface area contributed by atoms with Crippen molar-refractivity contribution in [3.05, 3.63) is 34.9 Å². The predicted octanol–water partition coefficient (Wildman–Crippen LogP) is 0.727. The first-order chi connectivity index (χ1) is 6.16. The molecule has 2 atom stereocenters. The summed E-state index contributed by atoms with van der Waals surface area (Å²) in [6, 6.07) is 6.65. The van der Waals surface area contributed by atoms with Crippen LogP contribution in [0.5, 0.6) is 0 Å². The minimum Gasteiger partial charge on any atom is -0.394 e. The minimum atomic E-state index is -1.19. The van der Waals surface area contributed by atoms with Crippen molar-refractivity contribution in [1.29, 1.82) is 0 Å². The van der Waals surface area contributed by atoms with Crippen molar-refractivity contribution >= 4 is 11.6 Å². The lowest BCUT2D eigenvalue weighted by atomic mass is 10.1. The molecule has 0 saturated carbocycles. The molecule has 1 aromatic carbocycles. The second-order valence-electron chi connectivity index (χ2n) is 2.72. The van der Waals surface area contributed by atoms with Crippen LogP contribution in [0.25, 0.3) is 0 Å². The fourth-order valence-corrected chi connectivity index (χ4v) is 1.27. The Morgan fingerprint density at radius 2 is 1.85 bits per heavy atom. The summed E-state index contributed by atoms with van der Waals surface area (Å²) >= 11 is 5.77. The van der Waals surface area contributed by atoms with Gasteiger partial charge in [0.05, 0.1) is 6.61 Å². The standard InChI is InChI=1S/C9H11ClO3/c10-7-4-2-1-3-6(7)9(13)8(12)5-11/h1-4,8-9,11-13H,5H2. The molecular formula is C9H11ClO3. The first-order valence-electron chi connectivity index (χ1n) is 3.88. The Balaban J connectivity index is 2.88. The molecule has 2 unspecified atom stereocenters. The lowest BCUT2D eigenvalue weighted by Gasteiger charge is -2.16. The maximum Gasteiger partial charge on any atom is 0.109 e. The van der Waals surface area contributed by atoms with Gasteiger partial charge in [0, 0.05) is 10.6 Å². The lowest BCUT2D eigenvalue weighted by molar-refractivity contribution is -0.0152. The highest BCUT2D eigenvalue weighted by Gasteiger charge is 2.19. The van der Waals surface area contributed by atoms with Crippen molar-refractivity contribution in [1.82, 2.24) is 0 Å². The van der Waals surface area contributed by atoms with Gasteiger partial charge in [0.2, 0.25) is 0 Å². The summed E-state index contributed by atoms with van der Waals surface area (Å²) in [5.74, 6) is 0. The SMILES string of the molecule is OCC(O)C(O)c1ccccc1Cl. The molecule has 0 amide bonds. The van der Waals surface area contributed by atoms with Gasteiger partial charge in [0.1, 0.15) is 12.2 Å². The molecule has 3 N–H and O–H groups in total. The third-order valence-corrected chi connectivity index (χ3v) is 2.12. The minimum absolute atomic E-state index is 0.377. The third kappa shape index (κ3) is 2.42. The highest BCUT2D eigenvalue weighted by molar-refractivity contribution is 6.31. The maximum atomic E-state index is 9.48. The van der Waals surface area contributed by atoms with E-state index in [1.807, 2.05) is 0 Å². The largest absolute Gasteiger partial charge is 0.394 e. The molecule has 3 nitrogen and oxygen atoms in total. The van der Waals surface area contributed by atoms with Crippen LogP contribution < -0.4 is 0 Å². The Bertz CT molecular complexity index is 277. The first-order valence-corrected chi connectivity index (χ1v) is 4.26. The molecule has 72 valence electrons. The highest BCUT2D eigenvalue weighted by Crippen LogP contribution is 2.24. The second-order valence-corrected chi connectivity index (χ2v) is 3.12. The van der Waals surface area contributed by atoms with Crippen LogP contribution in [0.4, 0.5) is 0 Å². The van der Waals surface area contributed by atoms with Crippen LogP contribution in [0.3, 0.4) is 0 Å². The van der Waals surface area contributed by atoms with E-state index in [2.05, 4.69) is 0 Å². The Hall–Kier alpha value is -0.610. The molecule has 0 aromatic heterocycles. The molecule has 0 aliphatic rings. The molecule has 0 radical (unpaired) electrons. The van der Waals surface area contributed by atoms with Gasteiger partial charge in [-0.2, -0.15) is 0 Å². The number of aliphatic hydroxyl groups excluding tert-OH is 3. The third-order valence-electron chi connectivity index (χ3n) is 1.78. The summed E-state index contributed by atoms with van der Waals surface area (Å²) in [4.78, 5) is 0. The van der Waals surface area contributed by atoms with Crippen LogP contribution in [-0.4, -0.2) is 28.0 Å². The predicted molar refractivity (Wildman–Crippen MR) is 49.5 cm³/mol. The molecule has 1 aromatic rings. The number of rotatable bonds is 3. The topological polar surface area (TPSA) is 60.7 Å². The molecule has 0 spiro atoms. The smallest absolute Gasteiger partial charge is 0.109 e. The van der Waals surface area contributed by atoms with E-state index >= 15 is 0 Å². The Morgan fingerprint density at radius 3 is 2.38 bits per heavy atom.